The van der Waals surface area contributed by atoms with Crippen LogP contribution in [0.2, 0.25) is 0 Å². The number of halogens is 1. The summed E-state index contributed by atoms with van der Waals surface area (Å²) in [6, 6.07) is 3.49. The number of carbonyl (C=O) groups is 1. The fraction of sp³-hybridized carbons (Fsp3) is 0.407. The topological polar surface area (TPSA) is 102 Å². The van der Waals surface area contributed by atoms with Crippen molar-refractivity contribution >= 4 is 29.6 Å². The maximum atomic E-state index is 12.7. The van der Waals surface area contributed by atoms with E-state index in [-0.39, 0.29) is 18.4 Å². The summed E-state index contributed by atoms with van der Waals surface area (Å²) in [5.41, 5.74) is 6.86. The van der Waals surface area contributed by atoms with E-state index in [1.165, 1.54) is 0 Å². The molecule has 1 unspecified atom stereocenters. The third-order valence-corrected chi connectivity index (χ3v) is 5.13. The molecule has 1 atom stereocenters. The average Bonchev–Trinajstić information content (AvgIpc) is 2.79. The number of amides is 1. The number of aromatic nitrogens is 1. The fourth-order valence-corrected chi connectivity index (χ4v) is 2.94. The van der Waals surface area contributed by atoms with Gasteiger partial charge in [0.15, 0.2) is 0 Å². The van der Waals surface area contributed by atoms with E-state index in [9.17, 15) is 4.79 Å². The molecule has 35 heavy (non-hydrogen) atoms. The van der Waals surface area contributed by atoms with E-state index in [1.807, 2.05) is 39.8 Å². The molecule has 0 aliphatic rings. The molecule has 7 nitrogen and oxygen atoms in total. The van der Waals surface area contributed by atoms with Crippen LogP contribution in [0.15, 0.2) is 75.7 Å². The number of aliphatic imine (C=N–C) groups is 2. The van der Waals surface area contributed by atoms with Crippen LogP contribution in [0.5, 0.6) is 0 Å². The van der Waals surface area contributed by atoms with Crippen LogP contribution in [-0.4, -0.2) is 42.1 Å². The Bertz CT molecular complexity index is 1010. The fourth-order valence-electron chi connectivity index (χ4n) is 2.77. The molecule has 8 heteroatoms. The molecule has 0 fully saturated rings. The van der Waals surface area contributed by atoms with Crippen molar-refractivity contribution in [3.05, 3.63) is 77.0 Å². The van der Waals surface area contributed by atoms with Gasteiger partial charge in [-0.2, -0.15) is 4.99 Å². The first kappa shape index (κ1) is 29.8. The minimum Gasteiger partial charge on any atom is -0.472 e. The van der Waals surface area contributed by atoms with Gasteiger partial charge in [-0.25, -0.2) is 0 Å². The second-order valence-corrected chi connectivity index (χ2v) is 8.98. The van der Waals surface area contributed by atoms with E-state index >= 15 is 0 Å². The van der Waals surface area contributed by atoms with Crippen molar-refractivity contribution in [2.24, 2.45) is 21.6 Å². The minimum absolute atomic E-state index is 0.207. The summed E-state index contributed by atoms with van der Waals surface area (Å²) in [6.45, 7) is 10.2. The van der Waals surface area contributed by atoms with E-state index in [1.54, 1.807) is 55.9 Å². The lowest BCUT2D eigenvalue weighted by molar-refractivity contribution is 0.0302. The lowest BCUT2D eigenvalue weighted by Gasteiger charge is -2.25. The number of hydrogen-bond acceptors (Lipinski definition) is 5. The quantitative estimate of drug-likeness (QED) is 0.165. The van der Waals surface area contributed by atoms with Crippen LogP contribution in [0.3, 0.4) is 0 Å². The molecule has 0 spiro atoms. The molecule has 0 radical (unpaired) electrons. The van der Waals surface area contributed by atoms with Crippen molar-refractivity contribution in [1.29, 1.82) is 0 Å². The normalized spacial score (nSPS) is 14.8. The first-order chi connectivity index (χ1) is 16.6. The predicted octanol–water partition coefficient (Wildman–Crippen LogP) is 5.35. The Labute approximate surface area is 214 Å². The standard InChI is InChI=1S/C27H38ClN5O2/c1-7-10-24(29)33-25(35-27(4,5)8-2)14-16-32-26(34)21-13-15-31-23(18-21)17-20(3)11-9-12-22(28)19-30-6/h7,9-15,18-20H,8,16-17H2,1-6H3,(H2,29,33)(H,32,34)/b10-7+,11-9+,22-12+,25-14-,30-19-. The summed E-state index contributed by atoms with van der Waals surface area (Å²) in [7, 11) is 1.67. The van der Waals surface area contributed by atoms with Gasteiger partial charge in [-0.1, -0.05) is 43.7 Å². The Morgan fingerprint density at radius 1 is 1.40 bits per heavy atom. The zero-order valence-electron chi connectivity index (χ0n) is 21.6. The van der Waals surface area contributed by atoms with Crippen molar-refractivity contribution < 1.29 is 9.53 Å². The van der Waals surface area contributed by atoms with Gasteiger partial charge in [-0.15, -0.1) is 0 Å². The molecule has 1 rings (SSSR count). The Kier molecular flexibility index (Phi) is 13.4. The molecule has 0 saturated heterocycles. The molecule has 0 bridgehead atoms. The minimum atomic E-state index is -0.411. The highest BCUT2D eigenvalue weighted by Gasteiger charge is 2.18. The van der Waals surface area contributed by atoms with Crippen molar-refractivity contribution in [2.45, 2.75) is 53.1 Å². The highest BCUT2D eigenvalue weighted by Crippen LogP contribution is 2.19. The zero-order valence-corrected chi connectivity index (χ0v) is 22.3. The zero-order chi connectivity index (χ0) is 26.3. The van der Waals surface area contributed by atoms with Crippen LogP contribution in [-0.2, 0) is 11.2 Å². The molecular formula is C27H38ClN5O2. The maximum absolute atomic E-state index is 12.7. The van der Waals surface area contributed by atoms with Gasteiger partial charge in [0.1, 0.15) is 11.4 Å². The smallest absolute Gasteiger partial charge is 0.251 e. The SMILES string of the molecule is C/C=C/C(N)=N\C(=C\CNC(=O)c1ccnc(CC(C)/C=C/C=C(Cl)\C=N/C)c1)OC(C)(C)CC. The highest BCUT2D eigenvalue weighted by molar-refractivity contribution is 6.39. The van der Waals surface area contributed by atoms with Crippen molar-refractivity contribution in [3.63, 3.8) is 0 Å². The molecule has 0 aliphatic carbocycles. The molecular weight excluding hydrogens is 462 g/mol. The van der Waals surface area contributed by atoms with E-state index in [0.29, 0.717) is 28.7 Å². The highest BCUT2D eigenvalue weighted by atomic mass is 35.5. The van der Waals surface area contributed by atoms with Gasteiger partial charge < -0.3 is 15.8 Å². The van der Waals surface area contributed by atoms with Crippen molar-refractivity contribution in [3.8, 4) is 0 Å². The second-order valence-electron chi connectivity index (χ2n) is 8.55. The summed E-state index contributed by atoms with van der Waals surface area (Å²) in [6.07, 6.45) is 15.6. The monoisotopic (exact) mass is 499 g/mol. The Balaban J connectivity index is 2.84. The number of rotatable bonds is 13. The number of carbonyl (C=O) groups excluding carboxylic acids is 1. The van der Waals surface area contributed by atoms with Crippen LogP contribution < -0.4 is 11.1 Å². The average molecular weight is 500 g/mol. The number of amidine groups is 1. The summed E-state index contributed by atoms with van der Waals surface area (Å²) in [4.78, 5) is 25.3. The largest absolute Gasteiger partial charge is 0.472 e. The van der Waals surface area contributed by atoms with Gasteiger partial charge in [0.2, 0.25) is 5.88 Å². The van der Waals surface area contributed by atoms with Crippen LogP contribution in [0, 0.1) is 5.92 Å². The lowest BCUT2D eigenvalue weighted by atomic mass is 10.0. The van der Waals surface area contributed by atoms with Crippen molar-refractivity contribution in [1.82, 2.24) is 10.3 Å². The van der Waals surface area contributed by atoms with Gasteiger partial charge in [0.25, 0.3) is 5.91 Å². The van der Waals surface area contributed by atoms with Gasteiger partial charge >= 0.3 is 0 Å². The van der Waals surface area contributed by atoms with Gasteiger partial charge in [0, 0.05) is 37.3 Å². The molecule has 0 aromatic carbocycles. The number of nitrogens with one attached hydrogen (secondary N) is 1. The Morgan fingerprint density at radius 2 is 2.14 bits per heavy atom. The lowest BCUT2D eigenvalue weighted by Crippen LogP contribution is -2.26. The molecule has 190 valence electrons. The molecule has 1 aromatic rings. The van der Waals surface area contributed by atoms with E-state index in [2.05, 4.69) is 27.2 Å². The Morgan fingerprint density at radius 3 is 2.80 bits per heavy atom. The molecule has 1 aromatic heterocycles. The van der Waals surface area contributed by atoms with Crippen molar-refractivity contribution in [2.75, 3.05) is 13.6 Å². The number of pyridine rings is 1. The maximum Gasteiger partial charge on any atom is 0.251 e. The van der Waals surface area contributed by atoms with Crippen LogP contribution in [0.1, 0.15) is 57.1 Å². The number of allylic oxidation sites excluding steroid dienone is 5. The van der Waals surface area contributed by atoms with Gasteiger partial charge in [-0.05, 0) is 69.9 Å². The second kappa shape index (κ2) is 15.7. The first-order valence-corrected chi connectivity index (χ1v) is 12.0. The van der Waals surface area contributed by atoms with Gasteiger partial charge in [0.05, 0.1) is 5.03 Å². The molecule has 1 heterocycles. The van der Waals surface area contributed by atoms with E-state index in [4.69, 9.17) is 22.1 Å². The van der Waals surface area contributed by atoms with Crippen LogP contribution >= 0.6 is 11.6 Å². The molecule has 0 aliphatic heterocycles. The summed E-state index contributed by atoms with van der Waals surface area (Å²) in [5, 5.41) is 3.44. The first-order valence-electron chi connectivity index (χ1n) is 11.7. The number of ether oxygens (including phenoxy) is 1. The van der Waals surface area contributed by atoms with E-state index in [0.717, 1.165) is 12.1 Å². The third kappa shape index (κ3) is 12.7. The number of nitrogens with zero attached hydrogens (tertiary/aromatic N) is 3. The summed E-state index contributed by atoms with van der Waals surface area (Å²) < 4.78 is 5.99. The summed E-state index contributed by atoms with van der Waals surface area (Å²) >= 11 is 5.99. The Hall–Kier alpha value is -3.19. The summed E-state index contributed by atoms with van der Waals surface area (Å²) in [5.74, 6) is 0.699. The van der Waals surface area contributed by atoms with Gasteiger partial charge in [-0.3, -0.25) is 14.8 Å². The molecule has 0 saturated carbocycles. The predicted molar refractivity (Wildman–Crippen MR) is 147 cm³/mol. The van der Waals surface area contributed by atoms with E-state index < -0.39 is 5.60 Å². The van der Waals surface area contributed by atoms with Crippen LogP contribution in [0.4, 0.5) is 0 Å². The molecule has 3 N–H and O–H groups in total. The van der Waals surface area contributed by atoms with Crippen LogP contribution in [0.25, 0.3) is 0 Å². The molecule has 1 amide bonds. The number of hydrogen-bond donors (Lipinski definition) is 2. The third-order valence-electron chi connectivity index (χ3n) is 4.91. The number of nitrogens with two attached hydrogens (primary N) is 1.